The summed E-state index contributed by atoms with van der Waals surface area (Å²) in [6.07, 6.45) is 0.504. The summed E-state index contributed by atoms with van der Waals surface area (Å²) in [7, 11) is 0. The molecule has 4 amide bonds. The molecule has 0 aliphatic carbocycles. The first-order valence-corrected chi connectivity index (χ1v) is 16.9. The number of nitrogens with one attached hydrogen (secondary N) is 3. The van der Waals surface area contributed by atoms with Gasteiger partial charge in [-0.1, -0.05) is 59.6 Å². The summed E-state index contributed by atoms with van der Waals surface area (Å²) in [5.74, 6) is -6.35. The molecule has 0 saturated carbocycles. The quantitative estimate of drug-likeness (QED) is 0.0962. The number of nitrogens with zero attached hydrogens (tertiary/aromatic N) is 3. The predicted molar refractivity (Wildman–Crippen MR) is 196 cm³/mol. The lowest BCUT2D eigenvalue weighted by Gasteiger charge is -2.24. The third kappa shape index (κ3) is 8.54. The molecule has 13 nitrogen and oxygen atoms in total. The van der Waals surface area contributed by atoms with E-state index in [4.69, 9.17) is 27.9 Å². The molecular weight excluding hydrogens is 749 g/mol. The van der Waals surface area contributed by atoms with Gasteiger partial charge in [0.2, 0.25) is 11.8 Å². The van der Waals surface area contributed by atoms with Gasteiger partial charge in [-0.3, -0.25) is 34.3 Å². The minimum atomic E-state index is -3.37. The van der Waals surface area contributed by atoms with Crippen molar-refractivity contribution >= 4 is 74.8 Å². The Morgan fingerprint density at radius 2 is 1.67 bits per heavy atom. The van der Waals surface area contributed by atoms with E-state index in [0.717, 1.165) is 11.0 Å². The lowest BCUT2D eigenvalue weighted by Crippen LogP contribution is -2.47. The van der Waals surface area contributed by atoms with Gasteiger partial charge >= 0.3 is 0 Å². The van der Waals surface area contributed by atoms with Crippen molar-refractivity contribution in [1.29, 1.82) is 0 Å². The van der Waals surface area contributed by atoms with Gasteiger partial charge < -0.3 is 25.6 Å². The van der Waals surface area contributed by atoms with Crippen LogP contribution in [0, 0.1) is 10.1 Å². The molecule has 1 aliphatic rings. The van der Waals surface area contributed by atoms with Crippen molar-refractivity contribution in [3.8, 4) is 5.75 Å². The number of rotatable bonds is 11. The van der Waals surface area contributed by atoms with E-state index in [9.17, 15) is 38.1 Å². The Kier molecular flexibility index (Phi) is 11.0. The molecule has 4 aromatic carbocycles. The molecule has 276 valence electrons. The second-order valence-corrected chi connectivity index (χ2v) is 13.0. The van der Waals surface area contributed by atoms with Crippen molar-refractivity contribution in [3.63, 3.8) is 0 Å². The van der Waals surface area contributed by atoms with Crippen LogP contribution in [0.1, 0.15) is 32.7 Å². The van der Waals surface area contributed by atoms with Crippen LogP contribution in [-0.2, 0) is 16.2 Å². The fraction of sp³-hybridized carbons (Fsp3) is 0.162. The summed E-state index contributed by atoms with van der Waals surface area (Å²) < 4.78 is 35.4. The van der Waals surface area contributed by atoms with E-state index in [1.807, 2.05) is 0 Å². The highest BCUT2D eigenvalue weighted by molar-refractivity contribution is 6.34. The number of non-ortho nitro benzene ring substituents is 1. The molecule has 0 spiro atoms. The number of likely N-dealkylation sites (tertiary alicyclic amines) is 1. The number of anilines is 2. The summed E-state index contributed by atoms with van der Waals surface area (Å²) in [6.45, 7) is -1.86. The normalized spacial score (nSPS) is 14.7. The average molecular weight is 778 g/mol. The SMILES string of the molecule is O=C(Nc1ccc([N+](=O)[O-])cc1Cl)c1cc(Cl)ccc1OCc1ccccc1NC(=O)C1CC(F)(F)CN1C(=O)CNC(=O)c1ccnc2ccccc12. The molecule has 0 bridgehead atoms. The molecule has 6 rings (SSSR count). The Bertz CT molecular complexity index is 2310. The third-order valence-electron chi connectivity index (χ3n) is 8.44. The lowest BCUT2D eigenvalue weighted by atomic mass is 10.1. The van der Waals surface area contributed by atoms with Gasteiger partial charge in [0, 0.05) is 46.4 Å². The molecule has 2 heterocycles. The van der Waals surface area contributed by atoms with Crippen LogP contribution in [0.2, 0.25) is 10.0 Å². The number of benzene rings is 4. The number of carbonyl (C=O) groups is 4. The minimum absolute atomic E-state index is 0.00927. The lowest BCUT2D eigenvalue weighted by molar-refractivity contribution is -0.384. The van der Waals surface area contributed by atoms with Crippen LogP contribution < -0.4 is 20.7 Å². The smallest absolute Gasteiger partial charge is 0.271 e. The number of hydrogen-bond donors (Lipinski definition) is 3. The number of hydrogen-bond acceptors (Lipinski definition) is 8. The minimum Gasteiger partial charge on any atom is -0.488 e. The number of alkyl halides is 2. The van der Waals surface area contributed by atoms with Crippen LogP contribution in [0.4, 0.5) is 25.8 Å². The van der Waals surface area contributed by atoms with Crippen LogP contribution in [0.15, 0.2) is 97.2 Å². The number of fused-ring (bicyclic) bond motifs is 1. The van der Waals surface area contributed by atoms with E-state index in [1.165, 1.54) is 48.7 Å². The number of halogens is 4. The standard InChI is InChI=1S/C37H28Cl2F2N6O7/c38-22-9-12-32(26(15-22)35(50)45-30-11-10-23(47(52)53)16-27(30)39)54-19-21-5-1-3-7-28(21)44-36(51)31-17-37(40,41)20-46(31)33(48)18-43-34(49)25-13-14-42-29-8-4-2-6-24(25)29/h1-16,31H,17-20H2,(H,43,49)(H,44,51)(H,45,50). The number of carbonyl (C=O) groups excluding carboxylic acids is 4. The Labute approximate surface area is 315 Å². The molecule has 54 heavy (non-hydrogen) atoms. The number of para-hydroxylation sites is 2. The highest BCUT2D eigenvalue weighted by atomic mass is 35.5. The summed E-state index contributed by atoms with van der Waals surface area (Å²) in [4.78, 5) is 68.3. The van der Waals surface area contributed by atoms with Crippen LogP contribution in [0.5, 0.6) is 5.75 Å². The first-order chi connectivity index (χ1) is 25.8. The van der Waals surface area contributed by atoms with Gasteiger partial charge in [0.25, 0.3) is 23.4 Å². The molecule has 17 heteroatoms. The van der Waals surface area contributed by atoms with Crippen molar-refractivity contribution in [2.45, 2.75) is 25.0 Å². The van der Waals surface area contributed by atoms with Gasteiger partial charge in [-0.2, -0.15) is 0 Å². The summed E-state index contributed by atoms with van der Waals surface area (Å²) in [5.41, 5.74) is 1.21. The third-order valence-corrected chi connectivity index (χ3v) is 8.99. The highest BCUT2D eigenvalue weighted by Crippen LogP contribution is 2.34. The van der Waals surface area contributed by atoms with Gasteiger partial charge in [0.05, 0.1) is 45.4 Å². The molecule has 1 saturated heterocycles. The van der Waals surface area contributed by atoms with E-state index in [1.54, 1.807) is 42.5 Å². The highest BCUT2D eigenvalue weighted by Gasteiger charge is 2.50. The van der Waals surface area contributed by atoms with Gasteiger partial charge in [-0.15, -0.1) is 0 Å². The first-order valence-electron chi connectivity index (χ1n) is 16.2. The zero-order chi connectivity index (χ0) is 38.6. The zero-order valence-electron chi connectivity index (χ0n) is 27.9. The number of ether oxygens (including phenoxy) is 1. The van der Waals surface area contributed by atoms with Crippen molar-refractivity contribution in [2.75, 3.05) is 23.7 Å². The second kappa shape index (κ2) is 15.8. The van der Waals surface area contributed by atoms with E-state index in [2.05, 4.69) is 20.9 Å². The second-order valence-electron chi connectivity index (χ2n) is 12.1. The predicted octanol–water partition coefficient (Wildman–Crippen LogP) is 6.89. The Morgan fingerprint density at radius 1 is 0.907 bits per heavy atom. The van der Waals surface area contributed by atoms with E-state index in [0.29, 0.717) is 16.5 Å². The number of amides is 4. The van der Waals surface area contributed by atoms with Crippen molar-refractivity contribution in [1.82, 2.24) is 15.2 Å². The summed E-state index contributed by atoms with van der Waals surface area (Å²) in [6, 6.07) is 21.0. The molecule has 0 radical (unpaired) electrons. The Morgan fingerprint density at radius 3 is 2.44 bits per heavy atom. The fourth-order valence-corrected chi connectivity index (χ4v) is 6.21. The number of pyridine rings is 1. The molecule has 3 N–H and O–H groups in total. The van der Waals surface area contributed by atoms with Gasteiger partial charge in [-0.25, -0.2) is 8.78 Å². The fourth-order valence-electron chi connectivity index (χ4n) is 5.81. The Hall–Kier alpha value is -6.19. The van der Waals surface area contributed by atoms with Crippen LogP contribution in [0.3, 0.4) is 0 Å². The van der Waals surface area contributed by atoms with E-state index < -0.39 is 60.0 Å². The number of aromatic nitrogens is 1. The van der Waals surface area contributed by atoms with Crippen molar-refractivity contribution in [2.24, 2.45) is 0 Å². The molecule has 1 atom stereocenters. The van der Waals surface area contributed by atoms with Gasteiger partial charge in [-0.05, 0) is 42.5 Å². The molecule has 1 aromatic heterocycles. The van der Waals surface area contributed by atoms with Crippen LogP contribution in [0.25, 0.3) is 10.9 Å². The largest absolute Gasteiger partial charge is 0.488 e. The van der Waals surface area contributed by atoms with Gasteiger partial charge in [0.15, 0.2) is 0 Å². The van der Waals surface area contributed by atoms with Gasteiger partial charge in [0.1, 0.15) is 18.4 Å². The molecule has 1 fully saturated rings. The Balaban J connectivity index is 1.13. The molecule has 1 unspecified atom stereocenters. The number of nitro groups is 1. The van der Waals surface area contributed by atoms with Crippen molar-refractivity contribution in [3.05, 3.63) is 134 Å². The maximum absolute atomic E-state index is 14.7. The van der Waals surface area contributed by atoms with Crippen LogP contribution >= 0.6 is 23.2 Å². The monoisotopic (exact) mass is 776 g/mol. The average Bonchev–Trinajstić information content (AvgIpc) is 3.49. The molecule has 1 aliphatic heterocycles. The van der Waals surface area contributed by atoms with E-state index >= 15 is 0 Å². The van der Waals surface area contributed by atoms with Crippen LogP contribution in [-0.4, -0.2) is 63.5 Å². The first kappa shape index (κ1) is 37.6. The molecular formula is C37H28Cl2F2N6O7. The zero-order valence-corrected chi connectivity index (χ0v) is 29.4. The topological polar surface area (TPSA) is 173 Å². The summed E-state index contributed by atoms with van der Waals surface area (Å²) >= 11 is 12.3. The molecule has 5 aromatic rings. The van der Waals surface area contributed by atoms with E-state index in [-0.39, 0.29) is 50.6 Å². The number of nitro benzene ring substituents is 1. The summed E-state index contributed by atoms with van der Waals surface area (Å²) in [5, 5.41) is 19.4. The maximum atomic E-state index is 14.7. The van der Waals surface area contributed by atoms with Crippen molar-refractivity contribution < 1.29 is 37.6 Å². The maximum Gasteiger partial charge on any atom is 0.271 e.